The van der Waals surface area contributed by atoms with Gasteiger partial charge >= 0.3 is 0 Å². The molecule has 8 nitrogen and oxygen atoms in total. The van der Waals surface area contributed by atoms with Crippen molar-refractivity contribution in [1.82, 2.24) is 5.43 Å². The maximum Gasteiger partial charge on any atom is 0.271 e. The van der Waals surface area contributed by atoms with Crippen LogP contribution in [0.5, 0.6) is 11.5 Å². The van der Waals surface area contributed by atoms with Crippen molar-refractivity contribution in [1.29, 1.82) is 0 Å². The fourth-order valence-electron chi connectivity index (χ4n) is 1.90. The first-order chi connectivity index (χ1) is 11.5. The van der Waals surface area contributed by atoms with Crippen molar-refractivity contribution >= 4 is 17.8 Å². The van der Waals surface area contributed by atoms with E-state index in [0.717, 1.165) is 0 Å². The molecule has 0 saturated heterocycles. The van der Waals surface area contributed by atoms with Gasteiger partial charge in [0.25, 0.3) is 11.6 Å². The third kappa shape index (κ3) is 4.07. The molecule has 8 heteroatoms. The number of nitrogens with one attached hydrogen (secondary N) is 1. The van der Waals surface area contributed by atoms with Crippen molar-refractivity contribution in [3.63, 3.8) is 0 Å². The van der Waals surface area contributed by atoms with Crippen LogP contribution in [0.1, 0.15) is 15.9 Å². The summed E-state index contributed by atoms with van der Waals surface area (Å²) in [6.07, 6.45) is 1.28. The second-order valence-electron chi connectivity index (χ2n) is 4.61. The standard InChI is InChI=1S/C16H15N3O5/c1-23-14-6-3-11(4-7-14)16(20)18-17-10-12-9-13(19(21)22)5-8-15(12)24-2/h3-10H,1-2H3,(H,18,20)/b17-10+. The molecule has 2 rings (SSSR count). The molecule has 0 radical (unpaired) electrons. The molecule has 1 amide bonds. The lowest BCUT2D eigenvalue weighted by Crippen LogP contribution is -2.17. The van der Waals surface area contributed by atoms with E-state index in [1.165, 1.54) is 38.6 Å². The monoisotopic (exact) mass is 329 g/mol. The van der Waals surface area contributed by atoms with Crippen molar-refractivity contribution in [2.75, 3.05) is 14.2 Å². The van der Waals surface area contributed by atoms with Crippen molar-refractivity contribution in [2.45, 2.75) is 0 Å². The Kier molecular flexibility index (Phi) is 5.45. The topological polar surface area (TPSA) is 103 Å². The molecule has 0 aliphatic carbocycles. The fraction of sp³-hybridized carbons (Fsp3) is 0.125. The Bertz CT molecular complexity index is 772. The van der Waals surface area contributed by atoms with Crippen LogP contribution in [0.25, 0.3) is 0 Å². The summed E-state index contributed by atoms with van der Waals surface area (Å²) in [5, 5.41) is 14.6. The lowest BCUT2D eigenvalue weighted by atomic mass is 10.2. The second-order valence-corrected chi connectivity index (χ2v) is 4.61. The zero-order valence-corrected chi connectivity index (χ0v) is 13.1. The predicted octanol–water partition coefficient (Wildman–Crippen LogP) is 2.38. The summed E-state index contributed by atoms with van der Waals surface area (Å²) in [5.74, 6) is 0.623. The van der Waals surface area contributed by atoms with E-state index in [0.29, 0.717) is 22.6 Å². The average Bonchev–Trinajstić information content (AvgIpc) is 2.61. The van der Waals surface area contributed by atoms with E-state index in [1.807, 2.05) is 0 Å². The van der Waals surface area contributed by atoms with Crippen LogP contribution >= 0.6 is 0 Å². The van der Waals surface area contributed by atoms with Gasteiger partial charge in [0, 0.05) is 23.3 Å². The summed E-state index contributed by atoms with van der Waals surface area (Å²) in [5.41, 5.74) is 3.03. The SMILES string of the molecule is COc1ccc(C(=O)N/N=C/c2cc([N+](=O)[O-])ccc2OC)cc1. The minimum Gasteiger partial charge on any atom is -0.497 e. The summed E-state index contributed by atoms with van der Waals surface area (Å²) < 4.78 is 10.1. The van der Waals surface area contributed by atoms with Crippen LogP contribution in [0.4, 0.5) is 5.69 Å². The molecule has 0 aliphatic rings. The van der Waals surface area contributed by atoms with Gasteiger partial charge in [-0.3, -0.25) is 14.9 Å². The molecule has 0 spiro atoms. The van der Waals surface area contributed by atoms with Gasteiger partial charge in [-0.1, -0.05) is 0 Å². The third-order valence-electron chi connectivity index (χ3n) is 3.15. The van der Waals surface area contributed by atoms with Crippen LogP contribution in [0.15, 0.2) is 47.6 Å². The van der Waals surface area contributed by atoms with Gasteiger partial charge in [0.05, 0.1) is 25.4 Å². The number of non-ortho nitro benzene ring substituents is 1. The molecule has 0 heterocycles. The van der Waals surface area contributed by atoms with Gasteiger partial charge in [-0.2, -0.15) is 5.10 Å². The number of hydrazone groups is 1. The number of benzene rings is 2. The van der Waals surface area contributed by atoms with E-state index >= 15 is 0 Å². The highest BCUT2D eigenvalue weighted by Gasteiger charge is 2.10. The average molecular weight is 329 g/mol. The van der Waals surface area contributed by atoms with Crippen molar-refractivity contribution < 1.29 is 19.2 Å². The number of hydrogen-bond acceptors (Lipinski definition) is 6. The molecule has 0 aliphatic heterocycles. The van der Waals surface area contributed by atoms with Crippen LogP contribution < -0.4 is 14.9 Å². The van der Waals surface area contributed by atoms with E-state index in [-0.39, 0.29) is 5.69 Å². The number of rotatable bonds is 6. The number of nitro groups is 1. The lowest BCUT2D eigenvalue weighted by molar-refractivity contribution is -0.384. The van der Waals surface area contributed by atoms with E-state index in [1.54, 1.807) is 24.3 Å². The molecule has 0 saturated carbocycles. The van der Waals surface area contributed by atoms with Crippen LogP contribution in [-0.4, -0.2) is 31.3 Å². The normalized spacial score (nSPS) is 10.4. The smallest absolute Gasteiger partial charge is 0.271 e. The fourth-order valence-corrected chi connectivity index (χ4v) is 1.90. The predicted molar refractivity (Wildman–Crippen MR) is 87.7 cm³/mol. The minimum atomic E-state index is -0.521. The Morgan fingerprint density at radius 3 is 2.46 bits per heavy atom. The molecule has 1 N–H and O–H groups in total. The number of carbonyl (C=O) groups is 1. The number of ether oxygens (including phenoxy) is 2. The maximum absolute atomic E-state index is 12.0. The van der Waals surface area contributed by atoms with E-state index < -0.39 is 10.8 Å². The first-order valence-corrected chi connectivity index (χ1v) is 6.85. The van der Waals surface area contributed by atoms with E-state index in [9.17, 15) is 14.9 Å². The van der Waals surface area contributed by atoms with Crippen LogP contribution in [-0.2, 0) is 0 Å². The van der Waals surface area contributed by atoms with Gasteiger partial charge in [-0.15, -0.1) is 0 Å². The number of methoxy groups -OCH3 is 2. The molecule has 0 fully saturated rings. The summed E-state index contributed by atoms with van der Waals surface area (Å²) in [6.45, 7) is 0. The summed E-state index contributed by atoms with van der Waals surface area (Å²) in [7, 11) is 2.97. The highest BCUT2D eigenvalue weighted by molar-refractivity contribution is 5.95. The first-order valence-electron chi connectivity index (χ1n) is 6.85. The van der Waals surface area contributed by atoms with Crippen LogP contribution in [0.3, 0.4) is 0 Å². The minimum absolute atomic E-state index is 0.0984. The van der Waals surface area contributed by atoms with E-state index in [4.69, 9.17) is 9.47 Å². The Balaban J connectivity index is 2.11. The summed E-state index contributed by atoms with van der Waals surface area (Å²) in [6, 6.07) is 10.6. The van der Waals surface area contributed by atoms with Gasteiger partial charge < -0.3 is 9.47 Å². The number of nitro benzene ring substituents is 1. The van der Waals surface area contributed by atoms with Gasteiger partial charge in [0.2, 0.25) is 0 Å². The third-order valence-corrected chi connectivity index (χ3v) is 3.15. The van der Waals surface area contributed by atoms with Gasteiger partial charge in [0.1, 0.15) is 11.5 Å². The van der Waals surface area contributed by atoms with Crippen LogP contribution in [0, 0.1) is 10.1 Å². The van der Waals surface area contributed by atoms with Crippen molar-refractivity contribution in [2.24, 2.45) is 5.10 Å². The highest BCUT2D eigenvalue weighted by atomic mass is 16.6. The van der Waals surface area contributed by atoms with Crippen LogP contribution in [0.2, 0.25) is 0 Å². The van der Waals surface area contributed by atoms with E-state index in [2.05, 4.69) is 10.5 Å². The summed E-state index contributed by atoms with van der Waals surface area (Å²) in [4.78, 5) is 22.3. The second kappa shape index (κ2) is 7.73. The van der Waals surface area contributed by atoms with Gasteiger partial charge in [-0.05, 0) is 30.3 Å². The lowest BCUT2D eigenvalue weighted by Gasteiger charge is -2.04. The zero-order chi connectivity index (χ0) is 17.5. The Labute approximate surface area is 137 Å². The molecular formula is C16H15N3O5. The van der Waals surface area contributed by atoms with Crippen molar-refractivity contribution in [3.05, 3.63) is 63.7 Å². The number of hydrogen-bond donors (Lipinski definition) is 1. The maximum atomic E-state index is 12.0. The van der Waals surface area contributed by atoms with Crippen molar-refractivity contribution in [3.8, 4) is 11.5 Å². The van der Waals surface area contributed by atoms with Gasteiger partial charge in [-0.25, -0.2) is 5.43 Å². The van der Waals surface area contributed by atoms with Gasteiger partial charge in [0.15, 0.2) is 0 Å². The molecular weight excluding hydrogens is 314 g/mol. The molecule has 124 valence electrons. The Hall–Kier alpha value is -3.42. The first kappa shape index (κ1) is 16.9. The molecule has 0 unspecified atom stereocenters. The largest absolute Gasteiger partial charge is 0.497 e. The molecule has 0 aromatic heterocycles. The number of nitrogens with zero attached hydrogens (tertiary/aromatic N) is 2. The molecule has 0 atom stereocenters. The molecule has 24 heavy (non-hydrogen) atoms. The number of carbonyl (C=O) groups excluding carboxylic acids is 1. The zero-order valence-electron chi connectivity index (χ0n) is 13.1. The Morgan fingerprint density at radius 2 is 1.88 bits per heavy atom. The summed E-state index contributed by atoms with van der Waals surface area (Å²) >= 11 is 0. The Morgan fingerprint density at radius 1 is 1.17 bits per heavy atom. The highest BCUT2D eigenvalue weighted by Crippen LogP contribution is 2.22. The number of amides is 1. The molecule has 0 bridgehead atoms. The quantitative estimate of drug-likeness (QED) is 0.498. The molecule has 2 aromatic carbocycles. The molecule has 2 aromatic rings.